The van der Waals surface area contributed by atoms with E-state index in [4.69, 9.17) is 0 Å². The summed E-state index contributed by atoms with van der Waals surface area (Å²) >= 11 is 0. The molecule has 0 saturated carbocycles. The van der Waals surface area contributed by atoms with Crippen LogP contribution >= 0.6 is 0 Å². The van der Waals surface area contributed by atoms with Crippen molar-refractivity contribution in [3.8, 4) is 0 Å². The summed E-state index contributed by atoms with van der Waals surface area (Å²) in [6, 6.07) is 9.39. The van der Waals surface area contributed by atoms with Crippen LogP contribution in [0.3, 0.4) is 0 Å². The van der Waals surface area contributed by atoms with E-state index in [1.165, 1.54) is 11.5 Å². The zero-order chi connectivity index (χ0) is 17.3. The third-order valence-electron chi connectivity index (χ3n) is 4.32. The number of rotatable bonds is 3. The lowest BCUT2D eigenvalue weighted by atomic mass is 9.96. The highest BCUT2D eigenvalue weighted by Gasteiger charge is 2.26. The van der Waals surface area contributed by atoms with Gasteiger partial charge >= 0.3 is 5.97 Å². The van der Waals surface area contributed by atoms with Gasteiger partial charge in [0.1, 0.15) is 5.56 Å². The van der Waals surface area contributed by atoms with Gasteiger partial charge in [0.05, 0.1) is 6.54 Å². The second-order valence-electron chi connectivity index (χ2n) is 5.92. The van der Waals surface area contributed by atoms with E-state index in [1.807, 2.05) is 30.3 Å². The molecule has 1 N–H and O–H groups in total. The fraction of sp³-hybridized carbons (Fsp3) is 0.278. The number of aromatic carboxylic acids is 1. The van der Waals surface area contributed by atoms with Crippen LogP contribution < -0.4 is 5.56 Å². The molecule has 1 aromatic carbocycles. The molecule has 0 atom stereocenters. The summed E-state index contributed by atoms with van der Waals surface area (Å²) in [4.78, 5) is 37.5. The number of carbonyl (C=O) groups is 2. The highest BCUT2D eigenvalue weighted by atomic mass is 16.4. The standard InChI is InChI=1S/C18H18N2O4/c1-12(21)19-8-7-15-14(10-19)11-20(17(22)16(15)18(23)24)9-13-5-3-2-4-6-13/h2-6,11H,7-10H2,1H3,(H,23,24). The van der Waals surface area contributed by atoms with Gasteiger partial charge in [0.15, 0.2) is 0 Å². The first kappa shape index (κ1) is 16.0. The largest absolute Gasteiger partial charge is 0.477 e. The molecule has 2 heterocycles. The van der Waals surface area contributed by atoms with Crippen LogP contribution in [0.1, 0.15) is 34.0 Å². The first-order valence-electron chi connectivity index (χ1n) is 7.75. The fourth-order valence-corrected chi connectivity index (χ4v) is 3.10. The fourth-order valence-electron chi connectivity index (χ4n) is 3.10. The van der Waals surface area contributed by atoms with E-state index >= 15 is 0 Å². The molecule has 6 nitrogen and oxygen atoms in total. The SMILES string of the molecule is CC(=O)N1CCc2c(cn(Cc3ccccc3)c(=O)c2C(=O)O)C1. The third kappa shape index (κ3) is 2.95. The summed E-state index contributed by atoms with van der Waals surface area (Å²) in [5.41, 5.74) is 1.52. The van der Waals surface area contributed by atoms with Crippen molar-refractivity contribution >= 4 is 11.9 Å². The first-order valence-corrected chi connectivity index (χ1v) is 7.75. The lowest BCUT2D eigenvalue weighted by molar-refractivity contribution is -0.129. The lowest BCUT2D eigenvalue weighted by Crippen LogP contribution is -2.38. The molecule has 124 valence electrons. The van der Waals surface area contributed by atoms with Crippen molar-refractivity contribution in [1.82, 2.24) is 9.47 Å². The molecule has 0 fully saturated rings. The summed E-state index contributed by atoms with van der Waals surface area (Å²) < 4.78 is 1.42. The second kappa shape index (κ2) is 6.31. The molecule has 1 aliphatic heterocycles. The summed E-state index contributed by atoms with van der Waals surface area (Å²) in [6.07, 6.45) is 2.07. The average Bonchev–Trinajstić information content (AvgIpc) is 2.55. The molecular formula is C18H18N2O4. The Balaban J connectivity index is 2.09. The van der Waals surface area contributed by atoms with Crippen molar-refractivity contribution in [2.45, 2.75) is 26.4 Å². The van der Waals surface area contributed by atoms with Gasteiger partial charge in [-0.25, -0.2) is 4.79 Å². The number of nitrogens with zero attached hydrogens (tertiary/aromatic N) is 2. The number of hydrogen-bond acceptors (Lipinski definition) is 3. The summed E-state index contributed by atoms with van der Waals surface area (Å²) in [5, 5.41) is 9.49. The van der Waals surface area contributed by atoms with E-state index in [-0.39, 0.29) is 11.5 Å². The highest BCUT2D eigenvalue weighted by molar-refractivity contribution is 5.89. The molecule has 0 spiro atoms. The Bertz CT molecular complexity index is 855. The van der Waals surface area contributed by atoms with Crippen LogP contribution in [0.5, 0.6) is 0 Å². The number of amides is 1. The van der Waals surface area contributed by atoms with Gasteiger partial charge in [-0.3, -0.25) is 9.59 Å². The molecule has 1 aromatic heterocycles. The number of hydrogen-bond donors (Lipinski definition) is 1. The van der Waals surface area contributed by atoms with Gasteiger partial charge in [0.2, 0.25) is 5.91 Å². The Kier molecular flexibility index (Phi) is 4.20. The first-order chi connectivity index (χ1) is 11.5. The molecule has 2 aromatic rings. The number of benzene rings is 1. The van der Waals surface area contributed by atoms with Crippen LogP contribution in [0.15, 0.2) is 41.3 Å². The topological polar surface area (TPSA) is 79.6 Å². The molecule has 3 rings (SSSR count). The van der Waals surface area contributed by atoms with Crippen molar-refractivity contribution in [3.05, 3.63) is 69.1 Å². The lowest BCUT2D eigenvalue weighted by Gasteiger charge is -2.29. The Morgan fingerprint density at radius 2 is 1.92 bits per heavy atom. The summed E-state index contributed by atoms with van der Waals surface area (Å²) in [5.74, 6) is -1.27. The van der Waals surface area contributed by atoms with Gasteiger partial charge in [-0.2, -0.15) is 0 Å². The third-order valence-corrected chi connectivity index (χ3v) is 4.32. The molecule has 0 unspecified atom stereocenters. The Hall–Kier alpha value is -2.89. The second-order valence-corrected chi connectivity index (χ2v) is 5.92. The molecule has 0 bridgehead atoms. The van der Waals surface area contributed by atoms with Crippen molar-refractivity contribution in [1.29, 1.82) is 0 Å². The molecule has 1 aliphatic rings. The normalized spacial score (nSPS) is 13.5. The minimum atomic E-state index is -1.21. The van der Waals surface area contributed by atoms with E-state index in [1.54, 1.807) is 11.1 Å². The van der Waals surface area contributed by atoms with E-state index in [0.29, 0.717) is 31.6 Å². The van der Waals surface area contributed by atoms with E-state index in [2.05, 4.69) is 0 Å². The Morgan fingerprint density at radius 3 is 2.54 bits per heavy atom. The van der Waals surface area contributed by atoms with Crippen molar-refractivity contribution in [2.75, 3.05) is 6.54 Å². The van der Waals surface area contributed by atoms with Crippen LogP contribution in [-0.2, 0) is 24.3 Å². The zero-order valence-corrected chi connectivity index (χ0v) is 13.4. The van der Waals surface area contributed by atoms with Crippen molar-refractivity contribution < 1.29 is 14.7 Å². The number of carboxylic acid groups (broad SMARTS) is 1. The van der Waals surface area contributed by atoms with E-state index < -0.39 is 11.5 Å². The molecule has 0 saturated heterocycles. The average molecular weight is 326 g/mol. The minimum Gasteiger partial charge on any atom is -0.477 e. The number of carboxylic acids is 1. The van der Waals surface area contributed by atoms with Gasteiger partial charge in [-0.05, 0) is 23.1 Å². The monoisotopic (exact) mass is 326 g/mol. The number of pyridine rings is 1. The molecular weight excluding hydrogens is 308 g/mol. The van der Waals surface area contributed by atoms with Crippen LogP contribution in [-0.4, -0.2) is 33.0 Å². The van der Waals surface area contributed by atoms with Crippen molar-refractivity contribution in [2.24, 2.45) is 0 Å². The van der Waals surface area contributed by atoms with Crippen LogP contribution in [0.2, 0.25) is 0 Å². The number of carbonyl (C=O) groups excluding carboxylic acids is 1. The number of aromatic nitrogens is 1. The summed E-state index contributed by atoms with van der Waals surface area (Å²) in [6.45, 7) is 2.56. The maximum absolute atomic E-state index is 12.6. The Morgan fingerprint density at radius 1 is 1.21 bits per heavy atom. The van der Waals surface area contributed by atoms with Crippen LogP contribution in [0.25, 0.3) is 0 Å². The smallest absolute Gasteiger partial charge is 0.341 e. The molecule has 6 heteroatoms. The zero-order valence-electron chi connectivity index (χ0n) is 13.4. The molecule has 1 amide bonds. The predicted molar refractivity (Wildman–Crippen MR) is 88.0 cm³/mol. The number of fused-ring (bicyclic) bond motifs is 1. The highest BCUT2D eigenvalue weighted by Crippen LogP contribution is 2.21. The van der Waals surface area contributed by atoms with E-state index in [0.717, 1.165) is 11.1 Å². The van der Waals surface area contributed by atoms with Crippen molar-refractivity contribution in [3.63, 3.8) is 0 Å². The predicted octanol–water partition coefficient (Wildman–Crippen LogP) is 1.50. The summed E-state index contributed by atoms with van der Waals surface area (Å²) in [7, 11) is 0. The van der Waals surface area contributed by atoms with Gasteiger partial charge in [-0.1, -0.05) is 30.3 Å². The van der Waals surface area contributed by atoms with Gasteiger partial charge in [0.25, 0.3) is 5.56 Å². The maximum atomic E-state index is 12.6. The van der Waals surface area contributed by atoms with Crippen LogP contribution in [0, 0.1) is 0 Å². The Labute approximate surface area is 139 Å². The van der Waals surface area contributed by atoms with Gasteiger partial charge in [0, 0.05) is 26.2 Å². The van der Waals surface area contributed by atoms with Gasteiger partial charge < -0.3 is 14.6 Å². The quantitative estimate of drug-likeness (QED) is 0.927. The van der Waals surface area contributed by atoms with Crippen LogP contribution in [0.4, 0.5) is 0 Å². The van der Waals surface area contributed by atoms with E-state index in [9.17, 15) is 19.5 Å². The minimum absolute atomic E-state index is 0.0571. The van der Waals surface area contributed by atoms with Gasteiger partial charge in [-0.15, -0.1) is 0 Å². The molecule has 24 heavy (non-hydrogen) atoms. The maximum Gasteiger partial charge on any atom is 0.341 e. The molecule has 0 radical (unpaired) electrons. The molecule has 0 aliphatic carbocycles.